The van der Waals surface area contributed by atoms with E-state index in [0.717, 1.165) is 0 Å². The van der Waals surface area contributed by atoms with Gasteiger partial charge in [-0.3, -0.25) is 4.79 Å². The number of rotatable bonds is 5. The molecule has 0 radical (unpaired) electrons. The molecule has 0 fully saturated rings. The normalized spacial score (nSPS) is 9.44. The Morgan fingerprint density at radius 2 is 2.00 bits per heavy atom. The van der Waals surface area contributed by atoms with Crippen LogP contribution in [0.5, 0.6) is 5.75 Å². The number of methoxy groups -OCH3 is 1. The van der Waals surface area contributed by atoms with Crippen molar-refractivity contribution in [2.24, 2.45) is 0 Å². The van der Waals surface area contributed by atoms with Crippen LogP contribution in [0.3, 0.4) is 0 Å². The lowest BCUT2D eigenvalue weighted by molar-refractivity contribution is -0.115. The summed E-state index contributed by atoms with van der Waals surface area (Å²) < 4.78 is 9.72. The minimum atomic E-state index is -0.650. The van der Waals surface area contributed by atoms with Gasteiger partial charge in [0.05, 0.1) is 19.4 Å². The number of amides is 2. The maximum atomic E-state index is 11.6. The summed E-state index contributed by atoms with van der Waals surface area (Å²) in [6, 6.07) is 7.08. The van der Waals surface area contributed by atoms with Crippen LogP contribution in [0.4, 0.5) is 10.5 Å². The lowest BCUT2D eigenvalue weighted by Gasteiger charge is -2.11. The average Bonchev–Trinajstić information content (AvgIpc) is 2.38. The van der Waals surface area contributed by atoms with Gasteiger partial charge in [-0.2, -0.15) is 0 Å². The van der Waals surface area contributed by atoms with Crippen LogP contribution in [0.1, 0.15) is 6.92 Å². The maximum Gasteiger partial charge on any atom is 0.407 e. The Morgan fingerprint density at radius 3 is 2.67 bits per heavy atom. The Balaban J connectivity index is 2.56. The van der Waals surface area contributed by atoms with Crippen LogP contribution < -0.4 is 15.4 Å². The van der Waals surface area contributed by atoms with Gasteiger partial charge in [0.1, 0.15) is 12.3 Å². The molecule has 98 valence electrons. The Bertz CT molecular complexity index is 420. The SMILES string of the molecule is CCOc1ccccc1NC(=O)CNC(=O)OC. The summed E-state index contributed by atoms with van der Waals surface area (Å²) in [5, 5.41) is 4.93. The van der Waals surface area contributed by atoms with Crippen LogP contribution in [0.15, 0.2) is 24.3 Å². The zero-order chi connectivity index (χ0) is 13.4. The minimum absolute atomic E-state index is 0.160. The Labute approximate surface area is 105 Å². The third-order valence-corrected chi connectivity index (χ3v) is 2.04. The lowest BCUT2D eigenvalue weighted by atomic mass is 10.3. The van der Waals surface area contributed by atoms with Crippen LogP contribution in [-0.4, -0.2) is 32.3 Å². The van der Waals surface area contributed by atoms with Crippen LogP contribution in [0, 0.1) is 0 Å². The first-order valence-corrected chi connectivity index (χ1v) is 5.50. The zero-order valence-corrected chi connectivity index (χ0v) is 10.4. The number of benzene rings is 1. The second kappa shape index (κ2) is 7.16. The summed E-state index contributed by atoms with van der Waals surface area (Å²) in [5.41, 5.74) is 0.566. The molecule has 6 heteroatoms. The molecule has 0 saturated carbocycles. The van der Waals surface area contributed by atoms with E-state index in [1.807, 2.05) is 13.0 Å². The number of anilines is 1. The van der Waals surface area contributed by atoms with E-state index in [-0.39, 0.29) is 12.5 Å². The highest BCUT2D eigenvalue weighted by atomic mass is 16.5. The van der Waals surface area contributed by atoms with Crippen LogP contribution in [-0.2, 0) is 9.53 Å². The van der Waals surface area contributed by atoms with Gasteiger partial charge in [-0.05, 0) is 19.1 Å². The third-order valence-electron chi connectivity index (χ3n) is 2.04. The van der Waals surface area contributed by atoms with E-state index in [1.54, 1.807) is 18.2 Å². The van der Waals surface area contributed by atoms with Crippen molar-refractivity contribution in [1.82, 2.24) is 5.32 Å². The Kier molecular flexibility index (Phi) is 5.50. The largest absolute Gasteiger partial charge is 0.492 e. The molecular formula is C12H16N2O4. The van der Waals surface area contributed by atoms with Gasteiger partial charge in [0.25, 0.3) is 0 Å². The number of nitrogens with one attached hydrogen (secondary N) is 2. The first-order chi connectivity index (χ1) is 8.67. The number of hydrogen-bond donors (Lipinski definition) is 2. The predicted octanol–water partition coefficient (Wildman–Crippen LogP) is 1.38. The van der Waals surface area contributed by atoms with Gasteiger partial charge in [-0.25, -0.2) is 4.79 Å². The van der Waals surface area contributed by atoms with Gasteiger partial charge in [0.15, 0.2) is 0 Å². The van der Waals surface area contributed by atoms with Crippen LogP contribution in [0.2, 0.25) is 0 Å². The van der Waals surface area contributed by atoms with Crippen molar-refractivity contribution in [3.63, 3.8) is 0 Å². The summed E-state index contributed by atoms with van der Waals surface area (Å²) >= 11 is 0. The van der Waals surface area contributed by atoms with Crippen LogP contribution >= 0.6 is 0 Å². The molecule has 6 nitrogen and oxygen atoms in total. The summed E-state index contributed by atoms with van der Waals surface area (Å²) in [6.45, 7) is 2.21. The van der Waals surface area contributed by atoms with Crippen molar-refractivity contribution in [3.05, 3.63) is 24.3 Å². The van der Waals surface area contributed by atoms with Gasteiger partial charge >= 0.3 is 6.09 Å². The summed E-state index contributed by atoms with van der Waals surface area (Å²) in [4.78, 5) is 22.4. The zero-order valence-electron chi connectivity index (χ0n) is 10.4. The van der Waals surface area contributed by atoms with E-state index in [4.69, 9.17) is 4.74 Å². The molecule has 2 N–H and O–H groups in total. The van der Waals surface area contributed by atoms with Crippen molar-refractivity contribution in [2.45, 2.75) is 6.92 Å². The summed E-state index contributed by atoms with van der Waals surface area (Å²) in [7, 11) is 1.23. The quantitative estimate of drug-likeness (QED) is 0.830. The molecule has 0 aliphatic carbocycles. The maximum absolute atomic E-state index is 11.6. The van der Waals surface area contributed by atoms with Crippen molar-refractivity contribution in [1.29, 1.82) is 0 Å². The molecule has 0 aliphatic heterocycles. The van der Waals surface area contributed by atoms with E-state index < -0.39 is 6.09 Å². The monoisotopic (exact) mass is 252 g/mol. The molecule has 2 amide bonds. The van der Waals surface area contributed by atoms with Gasteiger partial charge in [0.2, 0.25) is 5.91 Å². The van der Waals surface area contributed by atoms with E-state index in [0.29, 0.717) is 18.0 Å². The van der Waals surface area contributed by atoms with Gasteiger partial charge < -0.3 is 20.1 Å². The van der Waals surface area contributed by atoms with Crippen molar-refractivity contribution >= 4 is 17.7 Å². The first kappa shape index (κ1) is 13.8. The van der Waals surface area contributed by atoms with Crippen molar-refractivity contribution in [3.8, 4) is 5.75 Å². The molecule has 1 aromatic rings. The second-order valence-electron chi connectivity index (χ2n) is 3.32. The van der Waals surface area contributed by atoms with Crippen molar-refractivity contribution in [2.75, 3.05) is 25.6 Å². The highest BCUT2D eigenvalue weighted by Gasteiger charge is 2.08. The third kappa shape index (κ3) is 4.32. The number of carbonyl (C=O) groups is 2. The predicted molar refractivity (Wildman–Crippen MR) is 66.6 cm³/mol. The molecule has 0 spiro atoms. The van der Waals surface area contributed by atoms with E-state index in [1.165, 1.54) is 7.11 Å². The van der Waals surface area contributed by atoms with Crippen LogP contribution in [0.25, 0.3) is 0 Å². The molecule has 0 unspecified atom stereocenters. The van der Waals surface area contributed by atoms with Crippen molar-refractivity contribution < 1.29 is 19.1 Å². The minimum Gasteiger partial charge on any atom is -0.492 e. The fourth-order valence-electron chi connectivity index (χ4n) is 1.27. The van der Waals surface area contributed by atoms with E-state index in [9.17, 15) is 9.59 Å². The summed E-state index contributed by atoms with van der Waals surface area (Å²) in [6.07, 6.45) is -0.650. The van der Waals surface area contributed by atoms with Gasteiger partial charge in [-0.15, -0.1) is 0 Å². The smallest absolute Gasteiger partial charge is 0.407 e. The van der Waals surface area contributed by atoms with Gasteiger partial charge in [-0.1, -0.05) is 12.1 Å². The molecule has 0 saturated heterocycles. The molecule has 0 aliphatic rings. The highest BCUT2D eigenvalue weighted by molar-refractivity contribution is 5.95. The molecule has 18 heavy (non-hydrogen) atoms. The molecule has 0 heterocycles. The molecule has 0 bridgehead atoms. The number of ether oxygens (including phenoxy) is 2. The highest BCUT2D eigenvalue weighted by Crippen LogP contribution is 2.23. The first-order valence-electron chi connectivity index (χ1n) is 5.50. The molecule has 1 aromatic carbocycles. The summed E-state index contributed by atoms with van der Waals surface area (Å²) in [5.74, 6) is 0.235. The molecular weight excluding hydrogens is 236 g/mol. The second-order valence-corrected chi connectivity index (χ2v) is 3.32. The van der Waals surface area contributed by atoms with E-state index in [2.05, 4.69) is 15.4 Å². The number of hydrogen-bond acceptors (Lipinski definition) is 4. The number of carbonyl (C=O) groups excluding carboxylic acids is 2. The number of para-hydroxylation sites is 2. The Morgan fingerprint density at radius 1 is 1.28 bits per heavy atom. The fourth-order valence-corrected chi connectivity index (χ4v) is 1.27. The topological polar surface area (TPSA) is 76.7 Å². The fraction of sp³-hybridized carbons (Fsp3) is 0.333. The van der Waals surface area contributed by atoms with E-state index >= 15 is 0 Å². The lowest BCUT2D eigenvalue weighted by Crippen LogP contribution is -2.32. The van der Waals surface area contributed by atoms with Gasteiger partial charge in [0, 0.05) is 0 Å². The average molecular weight is 252 g/mol. The number of alkyl carbamates (subject to hydrolysis) is 1. The molecule has 1 rings (SSSR count). The molecule has 0 aromatic heterocycles. The molecule has 0 atom stereocenters. The standard InChI is InChI=1S/C12H16N2O4/c1-3-18-10-7-5-4-6-9(10)14-11(15)8-13-12(16)17-2/h4-7H,3,8H2,1-2H3,(H,13,16)(H,14,15). The Hall–Kier alpha value is -2.24.